The van der Waals surface area contributed by atoms with Gasteiger partial charge in [-0.1, -0.05) is 13.3 Å². The molecule has 6 heteroatoms. The Morgan fingerprint density at radius 1 is 1.44 bits per heavy atom. The fourth-order valence-corrected chi connectivity index (χ4v) is 4.27. The van der Waals surface area contributed by atoms with Crippen LogP contribution in [0.5, 0.6) is 0 Å². The van der Waals surface area contributed by atoms with Crippen LogP contribution in [0.4, 0.5) is 0 Å². The average Bonchev–Trinajstić information content (AvgIpc) is 2.59. The van der Waals surface area contributed by atoms with Crippen LogP contribution in [0.2, 0.25) is 0 Å². The van der Waals surface area contributed by atoms with Gasteiger partial charge in [0.1, 0.15) is 0 Å². The fraction of sp³-hybridized carbons (Fsp3) is 0.917. The first-order valence-corrected chi connectivity index (χ1v) is 8.36. The molecular formula is C12H24N2O3S. The van der Waals surface area contributed by atoms with Crippen molar-refractivity contribution in [2.24, 2.45) is 5.73 Å². The Morgan fingerprint density at radius 3 is 2.44 bits per heavy atom. The Kier molecular flexibility index (Phi) is 4.78. The molecule has 0 saturated carbocycles. The lowest BCUT2D eigenvalue weighted by atomic mass is 9.95. The fourth-order valence-electron chi connectivity index (χ4n) is 2.54. The minimum absolute atomic E-state index is 0.0782. The highest BCUT2D eigenvalue weighted by atomic mass is 32.2. The second kappa shape index (κ2) is 5.57. The molecule has 0 spiro atoms. The number of amides is 1. The summed E-state index contributed by atoms with van der Waals surface area (Å²) < 4.78 is 23.0. The van der Waals surface area contributed by atoms with Gasteiger partial charge in [0.15, 0.2) is 9.84 Å². The third kappa shape index (κ3) is 3.45. The van der Waals surface area contributed by atoms with Crippen molar-refractivity contribution in [2.75, 3.05) is 18.1 Å². The predicted molar refractivity (Wildman–Crippen MR) is 71.9 cm³/mol. The zero-order valence-corrected chi connectivity index (χ0v) is 12.3. The van der Waals surface area contributed by atoms with E-state index in [-0.39, 0.29) is 23.5 Å². The first kappa shape index (κ1) is 15.4. The summed E-state index contributed by atoms with van der Waals surface area (Å²) in [5.74, 6) is 0.125. The van der Waals surface area contributed by atoms with Gasteiger partial charge in [0.05, 0.1) is 17.0 Å². The molecule has 106 valence electrons. The molecule has 0 aromatic carbocycles. The molecule has 1 fully saturated rings. The molecule has 0 aromatic heterocycles. The standard InChI is InChI=1S/C12H24N2O3S/c1-4-7-12(3,13)11(15)14(5-2)10-6-8-18(16,17)9-10/h10H,4-9,13H2,1-3H3. The van der Waals surface area contributed by atoms with Crippen LogP contribution in [0, 0.1) is 0 Å². The van der Waals surface area contributed by atoms with Gasteiger partial charge in [-0.05, 0) is 26.7 Å². The van der Waals surface area contributed by atoms with Crippen molar-refractivity contribution in [1.82, 2.24) is 4.90 Å². The molecule has 0 aromatic rings. The van der Waals surface area contributed by atoms with E-state index in [0.29, 0.717) is 19.4 Å². The van der Waals surface area contributed by atoms with Gasteiger partial charge in [0.2, 0.25) is 5.91 Å². The third-order valence-electron chi connectivity index (χ3n) is 3.51. The number of hydrogen-bond acceptors (Lipinski definition) is 4. The van der Waals surface area contributed by atoms with Crippen LogP contribution in [-0.2, 0) is 14.6 Å². The highest BCUT2D eigenvalue weighted by Crippen LogP contribution is 2.21. The van der Waals surface area contributed by atoms with E-state index < -0.39 is 15.4 Å². The van der Waals surface area contributed by atoms with Crippen LogP contribution >= 0.6 is 0 Å². The zero-order valence-electron chi connectivity index (χ0n) is 11.5. The van der Waals surface area contributed by atoms with Gasteiger partial charge in [-0.15, -0.1) is 0 Å². The number of nitrogens with two attached hydrogens (primary N) is 1. The lowest BCUT2D eigenvalue weighted by molar-refractivity contribution is -0.138. The molecule has 1 saturated heterocycles. The number of rotatable bonds is 5. The molecule has 0 bridgehead atoms. The maximum atomic E-state index is 12.4. The van der Waals surface area contributed by atoms with Crippen molar-refractivity contribution in [3.05, 3.63) is 0 Å². The van der Waals surface area contributed by atoms with E-state index in [9.17, 15) is 13.2 Å². The van der Waals surface area contributed by atoms with Crippen molar-refractivity contribution >= 4 is 15.7 Å². The lowest BCUT2D eigenvalue weighted by Crippen LogP contribution is -2.56. The lowest BCUT2D eigenvalue weighted by Gasteiger charge is -2.34. The number of likely N-dealkylation sites (N-methyl/N-ethyl adjacent to an activating group) is 1. The number of sulfone groups is 1. The number of nitrogens with zero attached hydrogens (tertiary/aromatic N) is 1. The first-order valence-electron chi connectivity index (χ1n) is 6.54. The van der Waals surface area contributed by atoms with Gasteiger partial charge >= 0.3 is 0 Å². The summed E-state index contributed by atoms with van der Waals surface area (Å²) in [4.78, 5) is 14.0. The molecule has 2 unspecified atom stereocenters. The topological polar surface area (TPSA) is 80.5 Å². The zero-order chi connectivity index (χ0) is 14.0. The monoisotopic (exact) mass is 276 g/mol. The SMILES string of the molecule is CCCC(C)(N)C(=O)N(CC)C1CCS(=O)(=O)C1. The molecule has 1 heterocycles. The summed E-state index contributed by atoms with van der Waals surface area (Å²) in [6.45, 7) is 6.08. The number of hydrogen-bond donors (Lipinski definition) is 1. The van der Waals surface area contributed by atoms with E-state index in [4.69, 9.17) is 5.73 Å². The van der Waals surface area contributed by atoms with Gasteiger partial charge in [0.25, 0.3) is 0 Å². The number of carbonyl (C=O) groups excluding carboxylic acids is 1. The maximum Gasteiger partial charge on any atom is 0.242 e. The molecule has 2 N–H and O–H groups in total. The van der Waals surface area contributed by atoms with Gasteiger partial charge in [-0.2, -0.15) is 0 Å². The first-order chi connectivity index (χ1) is 8.23. The molecule has 18 heavy (non-hydrogen) atoms. The minimum Gasteiger partial charge on any atom is -0.337 e. The van der Waals surface area contributed by atoms with E-state index in [1.165, 1.54) is 0 Å². The highest BCUT2D eigenvalue weighted by molar-refractivity contribution is 7.91. The van der Waals surface area contributed by atoms with E-state index in [1.54, 1.807) is 11.8 Å². The third-order valence-corrected chi connectivity index (χ3v) is 5.26. The highest BCUT2D eigenvalue weighted by Gasteiger charge is 2.39. The molecule has 1 aliphatic rings. The molecule has 0 aliphatic carbocycles. The van der Waals surface area contributed by atoms with Gasteiger partial charge in [0, 0.05) is 12.6 Å². The maximum absolute atomic E-state index is 12.4. The van der Waals surface area contributed by atoms with Crippen molar-refractivity contribution < 1.29 is 13.2 Å². The Bertz CT molecular complexity index is 404. The smallest absolute Gasteiger partial charge is 0.242 e. The normalized spacial score (nSPS) is 25.7. The molecule has 1 rings (SSSR count). The second-order valence-electron chi connectivity index (χ2n) is 5.32. The Balaban J connectivity index is 2.81. The largest absolute Gasteiger partial charge is 0.337 e. The summed E-state index contributed by atoms with van der Waals surface area (Å²) in [5, 5.41) is 0. The van der Waals surface area contributed by atoms with Crippen LogP contribution in [0.1, 0.15) is 40.0 Å². The Labute approximate surface area is 110 Å². The van der Waals surface area contributed by atoms with Gasteiger partial charge < -0.3 is 10.6 Å². The Hall–Kier alpha value is -0.620. The van der Waals surface area contributed by atoms with Crippen molar-refractivity contribution in [3.8, 4) is 0 Å². The van der Waals surface area contributed by atoms with E-state index >= 15 is 0 Å². The van der Waals surface area contributed by atoms with Crippen molar-refractivity contribution in [2.45, 2.75) is 51.6 Å². The van der Waals surface area contributed by atoms with Gasteiger partial charge in [-0.25, -0.2) is 8.42 Å². The molecule has 0 radical (unpaired) electrons. The minimum atomic E-state index is -2.98. The van der Waals surface area contributed by atoms with E-state index in [1.807, 2.05) is 13.8 Å². The summed E-state index contributed by atoms with van der Waals surface area (Å²) >= 11 is 0. The summed E-state index contributed by atoms with van der Waals surface area (Å²) in [6, 6.07) is -0.202. The predicted octanol–water partition coefficient (Wildman–Crippen LogP) is 0.540. The second-order valence-corrected chi connectivity index (χ2v) is 7.54. The van der Waals surface area contributed by atoms with E-state index in [0.717, 1.165) is 6.42 Å². The summed E-state index contributed by atoms with van der Waals surface area (Å²) in [5.41, 5.74) is 5.15. The Morgan fingerprint density at radius 2 is 2.06 bits per heavy atom. The molecular weight excluding hydrogens is 252 g/mol. The quantitative estimate of drug-likeness (QED) is 0.794. The number of carbonyl (C=O) groups is 1. The molecule has 5 nitrogen and oxygen atoms in total. The summed E-state index contributed by atoms with van der Waals surface area (Å²) in [6.07, 6.45) is 1.98. The van der Waals surface area contributed by atoms with Crippen LogP contribution in [0.25, 0.3) is 0 Å². The average molecular weight is 276 g/mol. The van der Waals surface area contributed by atoms with Crippen LogP contribution in [0.15, 0.2) is 0 Å². The van der Waals surface area contributed by atoms with E-state index in [2.05, 4.69) is 0 Å². The van der Waals surface area contributed by atoms with Gasteiger partial charge in [-0.3, -0.25) is 4.79 Å². The molecule has 2 atom stereocenters. The van der Waals surface area contributed by atoms with Crippen LogP contribution in [0.3, 0.4) is 0 Å². The summed E-state index contributed by atoms with van der Waals surface area (Å²) in [7, 11) is -2.98. The molecule has 1 amide bonds. The van der Waals surface area contributed by atoms with Crippen LogP contribution < -0.4 is 5.73 Å². The van der Waals surface area contributed by atoms with Crippen LogP contribution in [-0.4, -0.2) is 48.9 Å². The van der Waals surface area contributed by atoms with Crippen molar-refractivity contribution in [1.29, 1.82) is 0 Å². The van der Waals surface area contributed by atoms with Crippen molar-refractivity contribution in [3.63, 3.8) is 0 Å². The molecule has 1 aliphatic heterocycles.